The summed E-state index contributed by atoms with van der Waals surface area (Å²) in [5, 5.41) is 0. The minimum Gasteiger partial charge on any atom is -0.457 e. The highest BCUT2D eigenvalue weighted by molar-refractivity contribution is 7.47. The Morgan fingerprint density at radius 2 is 0.903 bits per heavy atom. The van der Waals surface area contributed by atoms with E-state index >= 15 is 0 Å². The molecule has 2 unspecified atom stereocenters. The van der Waals surface area contributed by atoms with Crippen LogP contribution in [-0.4, -0.2) is 49.9 Å². The predicted molar refractivity (Wildman–Crippen MR) is 266 cm³/mol. The molecule has 0 rings (SSSR count). The van der Waals surface area contributed by atoms with Crippen molar-refractivity contribution < 1.29 is 32.8 Å². The zero-order chi connectivity index (χ0) is 45.1. The Kier molecular flexibility index (Phi) is 49.2. The van der Waals surface area contributed by atoms with Crippen LogP contribution in [-0.2, 0) is 27.9 Å². The van der Waals surface area contributed by atoms with Crippen molar-refractivity contribution in [3.8, 4) is 0 Å². The number of ether oxygens (including phenoxy) is 2. The van der Waals surface area contributed by atoms with Crippen molar-refractivity contribution in [3.63, 3.8) is 0 Å². The third-order valence-corrected chi connectivity index (χ3v) is 12.2. The molecule has 0 aromatic heterocycles. The van der Waals surface area contributed by atoms with Crippen LogP contribution in [0, 0.1) is 0 Å². The molecule has 0 spiro atoms. The van der Waals surface area contributed by atoms with Crippen LogP contribution in [0.4, 0.5) is 0 Å². The molecule has 3 N–H and O–H groups in total. The molecule has 62 heavy (non-hydrogen) atoms. The first-order valence-electron chi connectivity index (χ1n) is 26.1. The SMILES string of the molecule is CC/C=C\C/C=C\C/C=C\C/C=C\CCCCCCCCCCCCCCCOCC(COP(=O)(O)OCCN)OC(=O)CCCCCCCCCCCCCCCCCCC. The highest BCUT2D eigenvalue weighted by Gasteiger charge is 2.25. The highest BCUT2D eigenvalue weighted by Crippen LogP contribution is 2.43. The van der Waals surface area contributed by atoms with Crippen LogP contribution in [0.15, 0.2) is 48.6 Å². The van der Waals surface area contributed by atoms with E-state index in [1.807, 2.05) is 0 Å². The first-order valence-corrected chi connectivity index (χ1v) is 27.6. The van der Waals surface area contributed by atoms with Crippen LogP contribution >= 0.6 is 7.82 Å². The standard InChI is InChI=1S/C53H100NO7P/c1-3-5-7-9-11-13-15-17-19-21-22-23-24-25-26-27-28-29-31-33-35-37-39-41-43-45-48-58-50-52(51-60-62(56,57)59-49-47-54)61-53(55)46-44-42-40-38-36-34-32-30-20-18-16-14-12-10-8-6-4-2/h5,7,11,13,17,19,22-23,52H,3-4,6,8-10,12,14-16,18,20-21,24-51,54H2,1-2H3,(H,56,57)/b7-5-,13-11-,19-17-,23-22-. The number of esters is 1. The van der Waals surface area contributed by atoms with Crippen LogP contribution < -0.4 is 5.73 Å². The summed E-state index contributed by atoms with van der Waals surface area (Å²) in [6.45, 7) is 4.85. The number of phosphoric acid groups is 1. The summed E-state index contributed by atoms with van der Waals surface area (Å²) in [5.41, 5.74) is 5.39. The number of nitrogens with two attached hydrogens (primary N) is 1. The number of carbonyl (C=O) groups is 1. The Hall–Kier alpha value is -1.54. The molecule has 0 aliphatic heterocycles. The van der Waals surface area contributed by atoms with Crippen LogP contribution in [0.25, 0.3) is 0 Å². The third-order valence-electron chi connectivity index (χ3n) is 11.3. The lowest BCUT2D eigenvalue weighted by Gasteiger charge is -2.20. The first kappa shape index (κ1) is 60.5. The molecule has 9 heteroatoms. The third kappa shape index (κ3) is 49.5. The van der Waals surface area contributed by atoms with Crippen molar-refractivity contribution in [3.05, 3.63) is 48.6 Å². The number of hydrogen-bond donors (Lipinski definition) is 2. The van der Waals surface area contributed by atoms with E-state index < -0.39 is 13.9 Å². The van der Waals surface area contributed by atoms with Crippen molar-refractivity contribution in [1.82, 2.24) is 0 Å². The average Bonchev–Trinajstić information content (AvgIpc) is 3.26. The number of hydrogen-bond acceptors (Lipinski definition) is 7. The van der Waals surface area contributed by atoms with Gasteiger partial charge >= 0.3 is 13.8 Å². The highest BCUT2D eigenvalue weighted by atomic mass is 31.2. The topological polar surface area (TPSA) is 117 Å². The molecule has 8 nitrogen and oxygen atoms in total. The lowest BCUT2D eigenvalue weighted by atomic mass is 10.0. The van der Waals surface area contributed by atoms with E-state index in [1.165, 1.54) is 167 Å². The maximum absolute atomic E-state index is 12.6. The fourth-order valence-corrected chi connectivity index (χ4v) is 8.23. The van der Waals surface area contributed by atoms with Crippen molar-refractivity contribution in [1.29, 1.82) is 0 Å². The normalized spacial score (nSPS) is 13.7. The van der Waals surface area contributed by atoms with Crippen LogP contribution in [0.1, 0.15) is 245 Å². The first-order chi connectivity index (χ1) is 30.4. The van der Waals surface area contributed by atoms with Gasteiger partial charge in [-0.3, -0.25) is 13.8 Å². The molecule has 0 aliphatic rings. The molecule has 364 valence electrons. The monoisotopic (exact) mass is 894 g/mol. The summed E-state index contributed by atoms with van der Waals surface area (Å²) < 4.78 is 33.6. The molecule has 0 aromatic carbocycles. The Morgan fingerprint density at radius 3 is 1.35 bits per heavy atom. The second kappa shape index (κ2) is 50.5. The van der Waals surface area contributed by atoms with Crippen LogP contribution in [0.5, 0.6) is 0 Å². The predicted octanol–water partition coefficient (Wildman–Crippen LogP) is 16.3. The van der Waals surface area contributed by atoms with Crippen LogP contribution in [0.3, 0.4) is 0 Å². The van der Waals surface area contributed by atoms with E-state index in [4.69, 9.17) is 24.3 Å². The van der Waals surface area contributed by atoms with Gasteiger partial charge in [0.2, 0.25) is 0 Å². The minimum atomic E-state index is -4.28. The van der Waals surface area contributed by atoms with Crippen LogP contribution in [0.2, 0.25) is 0 Å². The maximum Gasteiger partial charge on any atom is 0.472 e. The van der Waals surface area contributed by atoms with Gasteiger partial charge < -0.3 is 20.1 Å². The zero-order valence-electron chi connectivity index (χ0n) is 40.6. The lowest BCUT2D eigenvalue weighted by molar-refractivity contribution is -0.154. The Bertz CT molecular complexity index is 1090. The van der Waals surface area contributed by atoms with Gasteiger partial charge in [0, 0.05) is 19.6 Å². The molecule has 0 radical (unpaired) electrons. The second-order valence-corrected chi connectivity index (χ2v) is 18.8. The molecule has 0 heterocycles. The number of unbranched alkanes of at least 4 members (excludes halogenated alkanes) is 29. The molecule has 0 amide bonds. The van der Waals surface area contributed by atoms with E-state index in [-0.39, 0.29) is 32.3 Å². The molecular weight excluding hydrogens is 794 g/mol. The number of carbonyl (C=O) groups excluding carboxylic acids is 1. The fraction of sp³-hybridized carbons (Fsp3) is 0.830. The summed E-state index contributed by atoms with van der Waals surface area (Å²) >= 11 is 0. The van der Waals surface area contributed by atoms with Gasteiger partial charge in [-0.25, -0.2) is 4.57 Å². The summed E-state index contributed by atoms with van der Waals surface area (Å²) in [4.78, 5) is 22.6. The van der Waals surface area contributed by atoms with Crippen molar-refractivity contribution in [2.45, 2.75) is 251 Å². The van der Waals surface area contributed by atoms with Crippen molar-refractivity contribution in [2.24, 2.45) is 5.73 Å². The Labute approximate surface area is 383 Å². The summed E-state index contributed by atoms with van der Waals surface area (Å²) in [6, 6.07) is 0. The van der Waals surface area contributed by atoms with E-state index in [0.29, 0.717) is 13.0 Å². The molecule has 0 aliphatic carbocycles. The summed E-state index contributed by atoms with van der Waals surface area (Å²) in [5.74, 6) is -0.327. The number of phosphoric ester groups is 1. The summed E-state index contributed by atoms with van der Waals surface area (Å²) in [7, 11) is -4.28. The number of allylic oxidation sites excluding steroid dienone is 8. The Morgan fingerprint density at radius 1 is 0.500 bits per heavy atom. The van der Waals surface area contributed by atoms with Gasteiger partial charge in [0.05, 0.1) is 19.8 Å². The second-order valence-electron chi connectivity index (χ2n) is 17.4. The van der Waals surface area contributed by atoms with E-state index in [2.05, 4.69) is 62.5 Å². The van der Waals surface area contributed by atoms with Gasteiger partial charge in [-0.15, -0.1) is 0 Å². The quantitative estimate of drug-likeness (QED) is 0.0268. The van der Waals surface area contributed by atoms with E-state index in [0.717, 1.165) is 57.8 Å². The minimum absolute atomic E-state index is 0.0946. The maximum atomic E-state index is 12.6. The van der Waals surface area contributed by atoms with Crippen molar-refractivity contribution in [2.75, 3.05) is 33.0 Å². The zero-order valence-corrected chi connectivity index (χ0v) is 41.5. The van der Waals surface area contributed by atoms with Gasteiger partial charge in [0.15, 0.2) is 0 Å². The van der Waals surface area contributed by atoms with Gasteiger partial charge in [-0.05, 0) is 51.4 Å². The van der Waals surface area contributed by atoms with Gasteiger partial charge in [0.1, 0.15) is 6.10 Å². The summed E-state index contributed by atoms with van der Waals surface area (Å²) in [6.07, 6.45) is 61.5. The Balaban J connectivity index is 3.89. The van der Waals surface area contributed by atoms with E-state index in [9.17, 15) is 14.3 Å². The number of rotatable bonds is 50. The molecule has 0 saturated heterocycles. The smallest absolute Gasteiger partial charge is 0.457 e. The van der Waals surface area contributed by atoms with Gasteiger partial charge in [-0.1, -0.05) is 236 Å². The van der Waals surface area contributed by atoms with E-state index in [1.54, 1.807) is 0 Å². The van der Waals surface area contributed by atoms with Gasteiger partial charge in [0.25, 0.3) is 0 Å². The molecule has 0 fully saturated rings. The largest absolute Gasteiger partial charge is 0.472 e. The molecular formula is C53H100NO7P. The molecule has 2 atom stereocenters. The molecule has 0 saturated carbocycles. The fourth-order valence-electron chi connectivity index (χ4n) is 7.46. The molecule has 0 aromatic rings. The average molecular weight is 894 g/mol. The lowest BCUT2D eigenvalue weighted by Crippen LogP contribution is -2.28. The van der Waals surface area contributed by atoms with Crippen molar-refractivity contribution >= 4 is 13.8 Å². The molecule has 0 bridgehead atoms. The van der Waals surface area contributed by atoms with Gasteiger partial charge in [-0.2, -0.15) is 0 Å².